The second-order valence-corrected chi connectivity index (χ2v) is 9.65. The van der Waals surface area contributed by atoms with E-state index in [1.54, 1.807) is 13.0 Å². The molecule has 4 atom stereocenters. The Morgan fingerprint density at radius 3 is 2.44 bits per heavy atom. The summed E-state index contributed by atoms with van der Waals surface area (Å²) in [6.07, 6.45) is 5.84. The third-order valence-electron chi connectivity index (χ3n) is 5.90. The summed E-state index contributed by atoms with van der Waals surface area (Å²) >= 11 is 0. The Morgan fingerprint density at radius 2 is 1.92 bits per heavy atom. The molecular weight excluding hydrogens is 336 g/mol. The van der Waals surface area contributed by atoms with Crippen LogP contribution < -0.4 is 9.62 Å². The molecule has 6 heteroatoms. The van der Waals surface area contributed by atoms with Gasteiger partial charge in [-0.2, -0.15) is 0 Å². The zero-order valence-electron chi connectivity index (χ0n) is 15.5. The molecule has 1 aromatic rings. The van der Waals surface area contributed by atoms with Gasteiger partial charge in [-0.3, -0.25) is 9.10 Å². The van der Waals surface area contributed by atoms with Crippen LogP contribution >= 0.6 is 0 Å². The van der Waals surface area contributed by atoms with Crippen molar-refractivity contribution in [3.05, 3.63) is 29.3 Å². The van der Waals surface area contributed by atoms with E-state index in [1.807, 2.05) is 26.0 Å². The van der Waals surface area contributed by atoms with Gasteiger partial charge in [0.1, 0.15) is 6.04 Å². The van der Waals surface area contributed by atoms with Crippen LogP contribution in [-0.4, -0.2) is 32.7 Å². The summed E-state index contributed by atoms with van der Waals surface area (Å²) in [5.74, 6) is 1.09. The smallest absolute Gasteiger partial charge is 0.243 e. The molecule has 0 radical (unpaired) electrons. The molecule has 2 aliphatic rings. The van der Waals surface area contributed by atoms with Gasteiger partial charge in [-0.25, -0.2) is 8.42 Å². The Balaban J connectivity index is 1.80. The number of hydrogen-bond donors (Lipinski definition) is 1. The predicted molar refractivity (Wildman–Crippen MR) is 100 cm³/mol. The molecule has 3 rings (SSSR count). The number of amides is 1. The molecule has 1 N–H and O–H groups in total. The SMILES string of the molecule is Cc1ccc(N([C@@H](C)C(=O)N[C@@H]2C[C@H]3CC[C@H]2C3)S(C)(=O)=O)cc1C. The van der Waals surface area contributed by atoms with E-state index in [1.165, 1.54) is 23.6 Å². The number of carbonyl (C=O) groups excluding carboxylic acids is 1. The summed E-state index contributed by atoms with van der Waals surface area (Å²) in [6, 6.07) is 4.93. The largest absolute Gasteiger partial charge is 0.351 e. The Hall–Kier alpha value is -1.56. The minimum Gasteiger partial charge on any atom is -0.351 e. The maximum Gasteiger partial charge on any atom is 0.243 e. The standard InChI is InChI=1S/C19H28N2O3S/c1-12-5-8-17(9-13(12)2)21(25(4,23)24)14(3)19(22)20-18-11-15-6-7-16(18)10-15/h5,8-9,14-16,18H,6-7,10-11H2,1-4H3,(H,20,22)/t14-,15-,16-,18+/m0/s1. The van der Waals surface area contributed by atoms with Crippen LogP contribution in [0.3, 0.4) is 0 Å². The highest BCUT2D eigenvalue weighted by Crippen LogP contribution is 2.44. The van der Waals surface area contributed by atoms with E-state index in [0.29, 0.717) is 11.6 Å². The maximum absolute atomic E-state index is 12.8. The van der Waals surface area contributed by atoms with E-state index in [2.05, 4.69) is 5.32 Å². The Labute approximate surface area is 150 Å². The van der Waals surface area contributed by atoms with Gasteiger partial charge >= 0.3 is 0 Å². The van der Waals surface area contributed by atoms with Crippen LogP contribution in [0.15, 0.2) is 18.2 Å². The van der Waals surface area contributed by atoms with Crippen molar-refractivity contribution in [2.45, 2.75) is 58.5 Å². The van der Waals surface area contributed by atoms with Crippen molar-refractivity contribution in [3.8, 4) is 0 Å². The molecule has 138 valence electrons. The number of nitrogens with zero attached hydrogens (tertiary/aromatic N) is 1. The number of sulfonamides is 1. The van der Waals surface area contributed by atoms with Crippen molar-refractivity contribution in [2.24, 2.45) is 11.8 Å². The number of aryl methyl sites for hydroxylation is 2. The minimum absolute atomic E-state index is 0.204. The van der Waals surface area contributed by atoms with Crippen molar-refractivity contribution in [3.63, 3.8) is 0 Å². The second kappa shape index (κ2) is 6.63. The number of anilines is 1. The quantitative estimate of drug-likeness (QED) is 0.874. The highest BCUT2D eigenvalue weighted by molar-refractivity contribution is 7.92. The summed E-state index contributed by atoms with van der Waals surface area (Å²) in [5, 5.41) is 3.11. The highest BCUT2D eigenvalue weighted by atomic mass is 32.2. The van der Waals surface area contributed by atoms with Crippen molar-refractivity contribution in [1.82, 2.24) is 5.32 Å². The zero-order valence-corrected chi connectivity index (χ0v) is 16.3. The molecule has 0 aromatic heterocycles. The molecule has 0 saturated heterocycles. The fourth-order valence-electron chi connectivity index (χ4n) is 4.40. The Kier molecular flexibility index (Phi) is 4.84. The normalized spacial score (nSPS) is 26.5. The van der Waals surface area contributed by atoms with Gasteiger partial charge in [-0.15, -0.1) is 0 Å². The third kappa shape index (κ3) is 3.68. The van der Waals surface area contributed by atoms with Crippen molar-refractivity contribution < 1.29 is 13.2 Å². The number of hydrogen-bond acceptors (Lipinski definition) is 3. The fraction of sp³-hybridized carbons (Fsp3) is 0.632. The summed E-state index contributed by atoms with van der Waals surface area (Å²) in [5.41, 5.74) is 2.64. The molecule has 0 spiro atoms. The van der Waals surface area contributed by atoms with Gasteiger partial charge < -0.3 is 5.32 Å². The summed E-state index contributed by atoms with van der Waals surface area (Å²) in [6.45, 7) is 5.59. The fourth-order valence-corrected chi connectivity index (χ4v) is 5.56. The summed E-state index contributed by atoms with van der Waals surface area (Å²) in [7, 11) is -3.56. The van der Waals surface area contributed by atoms with Crippen molar-refractivity contribution in [1.29, 1.82) is 0 Å². The lowest BCUT2D eigenvalue weighted by molar-refractivity contribution is -0.122. The highest BCUT2D eigenvalue weighted by Gasteiger charge is 2.41. The van der Waals surface area contributed by atoms with Gasteiger partial charge in [0, 0.05) is 6.04 Å². The number of nitrogens with one attached hydrogen (secondary N) is 1. The van der Waals surface area contributed by atoms with Crippen molar-refractivity contribution >= 4 is 21.6 Å². The van der Waals surface area contributed by atoms with Crippen LogP contribution in [0.25, 0.3) is 0 Å². The number of fused-ring (bicyclic) bond motifs is 2. The van der Waals surface area contributed by atoms with Gasteiger partial charge in [-0.1, -0.05) is 12.5 Å². The number of rotatable bonds is 5. The average molecular weight is 365 g/mol. The minimum atomic E-state index is -3.56. The molecular formula is C19H28N2O3S. The molecule has 0 heterocycles. The van der Waals surface area contributed by atoms with Gasteiger partial charge in [0.15, 0.2) is 0 Å². The van der Waals surface area contributed by atoms with E-state index in [0.717, 1.165) is 29.7 Å². The maximum atomic E-state index is 12.8. The first-order valence-electron chi connectivity index (χ1n) is 9.04. The lowest BCUT2D eigenvalue weighted by atomic mass is 9.95. The van der Waals surface area contributed by atoms with Crippen molar-refractivity contribution in [2.75, 3.05) is 10.6 Å². The van der Waals surface area contributed by atoms with Crippen LogP contribution in [-0.2, 0) is 14.8 Å². The first kappa shape index (κ1) is 18.2. The summed E-state index contributed by atoms with van der Waals surface area (Å²) in [4.78, 5) is 12.8. The molecule has 2 bridgehead atoms. The average Bonchev–Trinajstić information content (AvgIpc) is 3.12. The van der Waals surface area contributed by atoms with Crippen LogP contribution in [0.4, 0.5) is 5.69 Å². The third-order valence-corrected chi connectivity index (χ3v) is 7.14. The van der Waals surface area contributed by atoms with E-state index in [4.69, 9.17) is 0 Å². The molecule has 25 heavy (non-hydrogen) atoms. The van der Waals surface area contributed by atoms with Gasteiger partial charge in [0.2, 0.25) is 15.9 Å². The summed E-state index contributed by atoms with van der Waals surface area (Å²) < 4.78 is 26.0. The van der Waals surface area contributed by atoms with E-state index < -0.39 is 16.1 Å². The molecule has 2 saturated carbocycles. The second-order valence-electron chi connectivity index (χ2n) is 7.79. The van der Waals surface area contributed by atoms with Crippen LogP contribution in [0.2, 0.25) is 0 Å². The van der Waals surface area contributed by atoms with E-state index in [-0.39, 0.29) is 11.9 Å². The topological polar surface area (TPSA) is 66.5 Å². The Bertz CT molecular complexity index is 775. The van der Waals surface area contributed by atoms with E-state index in [9.17, 15) is 13.2 Å². The molecule has 0 aliphatic heterocycles. The molecule has 0 unspecified atom stereocenters. The van der Waals surface area contributed by atoms with Gasteiger partial charge in [-0.05, 0) is 75.1 Å². The van der Waals surface area contributed by atoms with E-state index >= 15 is 0 Å². The van der Waals surface area contributed by atoms with Crippen LogP contribution in [0.1, 0.15) is 43.7 Å². The molecule has 1 amide bonds. The van der Waals surface area contributed by atoms with Crippen LogP contribution in [0, 0.1) is 25.7 Å². The number of carbonyl (C=O) groups is 1. The monoisotopic (exact) mass is 364 g/mol. The molecule has 1 aromatic carbocycles. The number of benzene rings is 1. The van der Waals surface area contributed by atoms with Gasteiger partial charge in [0.25, 0.3) is 0 Å². The Morgan fingerprint density at radius 1 is 1.20 bits per heavy atom. The molecule has 2 aliphatic carbocycles. The lowest BCUT2D eigenvalue weighted by Gasteiger charge is -2.31. The van der Waals surface area contributed by atoms with Gasteiger partial charge in [0.05, 0.1) is 11.9 Å². The zero-order chi connectivity index (χ0) is 18.4. The van der Waals surface area contributed by atoms with Crippen LogP contribution in [0.5, 0.6) is 0 Å². The molecule has 5 nitrogen and oxygen atoms in total. The lowest BCUT2D eigenvalue weighted by Crippen LogP contribution is -2.51. The molecule has 2 fully saturated rings. The first-order chi connectivity index (χ1) is 11.7. The first-order valence-corrected chi connectivity index (χ1v) is 10.9. The predicted octanol–water partition coefficient (Wildman–Crippen LogP) is 2.76.